The average Bonchev–Trinajstić information content (AvgIpc) is 2.54. The van der Waals surface area contributed by atoms with E-state index in [0.29, 0.717) is 11.9 Å². The minimum absolute atomic E-state index is 0. The summed E-state index contributed by atoms with van der Waals surface area (Å²) in [4.78, 5) is 6.97. The highest BCUT2D eigenvalue weighted by atomic mass is 127. The van der Waals surface area contributed by atoms with Crippen molar-refractivity contribution < 1.29 is 0 Å². The Morgan fingerprint density at radius 2 is 1.78 bits per heavy atom. The maximum absolute atomic E-state index is 6.13. The third kappa shape index (κ3) is 5.95. The Balaban J connectivity index is 0.00000264. The number of piperidine rings is 1. The molecule has 23 heavy (non-hydrogen) atoms. The van der Waals surface area contributed by atoms with Crippen LogP contribution in [-0.2, 0) is 12.8 Å². The van der Waals surface area contributed by atoms with Crippen LogP contribution in [0.5, 0.6) is 0 Å². The van der Waals surface area contributed by atoms with E-state index < -0.39 is 0 Å². The predicted molar refractivity (Wildman–Crippen MR) is 111 cm³/mol. The number of para-hydroxylation sites is 1. The van der Waals surface area contributed by atoms with Gasteiger partial charge in [0.05, 0.1) is 0 Å². The minimum atomic E-state index is 0. The summed E-state index contributed by atoms with van der Waals surface area (Å²) in [6.45, 7) is 7.53. The molecule has 0 unspecified atom stereocenters. The van der Waals surface area contributed by atoms with E-state index >= 15 is 0 Å². The van der Waals surface area contributed by atoms with E-state index in [1.807, 2.05) is 0 Å². The van der Waals surface area contributed by atoms with Crippen LogP contribution in [0.15, 0.2) is 23.2 Å². The molecule has 0 aliphatic carbocycles. The summed E-state index contributed by atoms with van der Waals surface area (Å²) in [6, 6.07) is 6.44. The summed E-state index contributed by atoms with van der Waals surface area (Å²) < 4.78 is 0. The Kier molecular flexibility index (Phi) is 8.91. The van der Waals surface area contributed by atoms with E-state index in [9.17, 15) is 0 Å². The second-order valence-electron chi connectivity index (χ2n) is 6.26. The van der Waals surface area contributed by atoms with E-state index in [1.165, 1.54) is 37.1 Å². The topological polar surface area (TPSA) is 53.6 Å². The van der Waals surface area contributed by atoms with Gasteiger partial charge in [0.2, 0.25) is 0 Å². The predicted octanol–water partition coefficient (Wildman–Crippen LogP) is 3.50. The number of rotatable bonds is 5. The highest BCUT2D eigenvalue weighted by molar-refractivity contribution is 14.0. The molecule has 0 radical (unpaired) electrons. The normalized spacial score (nSPS) is 16.9. The summed E-state index contributed by atoms with van der Waals surface area (Å²) in [5.74, 6) is 1.22. The smallest absolute Gasteiger partial charge is 0.193 e. The van der Waals surface area contributed by atoms with Crippen molar-refractivity contribution in [2.24, 2.45) is 16.6 Å². The number of likely N-dealkylation sites (tertiary alicyclic amines) is 1. The number of hydrogen-bond donors (Lipinski definition) is 2. The fraction of sp³-hybridized carbons (Fsp3) is 0.611. The number of nitrogens with zero attached hydrogens (tertiary/aromatic N) is 2. The quantitative estimate of drug-likeness (QED) is 0.427. The van der Waals surface area contributed by atoms with Crippen LogP contribution in [-0.4, -0.2) is 37.5 Å². The molecule has 0 atom stereocenters. The molecule has 3 N–H and O–H groups in total. The fourth-order valence-corrected chi connectivity index (χ4v) is 3.04. The zero-order chi connectivity index (χ0) is 15.9. The van der Waals surface area contributed by atoms with Crippen LogP contribution >= 0.6 is 24.0 Å². The van der Waals surface area contributed by atoms with Gasteiger partial charge in [-0.05, 0) is 62.9 Å². The fourth-order valence-electron chi connectivity index (χ4n) is 3.04. The van der Waals surface area contributed by atoms with Crippen LogP contribution in [0.1, 0.15) is 37.8 Å². The van der Waals surface area contributed by atoms with Gasteiger partial charge in [-0.3, -0.25) is 4.99 Å². The first kappa shape index (κ1) is 20.2. The van der Waals surface area contributed by atoms with Crippen LogP contribution in [0.25, 0.3) is 0 Å². The lowest BCUT2D eigenvalue weighted by molar-refractivity contribution is 0.224. The van der Waals surface area contributed by atoms with Gasteiger partial charge in [-0.15, -0.1) is 24.0 Å². The monoisotopic (exact) mass is 430 g/mol. The van der Waals surface area contributed by atoms with Crippen LogP contribution < -0.4 is 11.1 Å². The molecule has 1 aliphatic rings. The SMILES string of the molecule is CCc1cccc(CC)c1NC(N)=NCC1CCN(C)CC1.I. The van der Waals surface area contributed by atoms with Gasteiger partial charge in [-0.2, -0.15) is 0 Å². The third-order valence-electron chi connectivity index (χ3n) is 4.61. The van der Waals surface area contributed by atoms with Crippen LogP contribution in [0.4, 0.5) is 5.69 Å². The first-order valence-corrected chi connectivity index (χ1v) is 8.50. The van der Waals surface area contributed by atoms with Gasteiger partial charge >= 0.3 is 0 Å². The molecule has 1 fully saturated rings. The maximum atomic E-state index is 6.13. The molecule has 1 aliphatic heterocycles. The van der Waals surface area contributed by atoms with Crippen LogP contribution in [0, 0.1) is 5.92 Å². The third-order valence-corrected chi connectivity index (χ3v) is 4.61. The van der Waals surface area contributed by atoms with E-state index in [1.54, 1.807) is 0 Å². The van der Waals surface area contributed by atoms with Gasteiger partial charge in [-0.1, -0.05) is 32.0 Å². The summed E-state index contributed by atoms with van der Waals surface area (Å²) in [5, 5.41) is 3.35. The van der Waals surface area contributed by atoms with Gasteiger partial charge in [0, 0.05) is 12.2 Å². The van der Waals surface area contributed by atoms with E-state index in [-0.39, 0.29) is 24.0 Å². The highest BCUT2D eigenvalue weighted by Crippen LogP contribution is 2.22. The molecule has 0 bridgehead atoms. The Labute approximate surface area is 157 Å². The number of nitrogens with one attached hydrogen (secondary N) is 1. The molecule has 1 saturated heterocycles. The first-order valence-electron chi connectivity index (χ1n) is 8.50. The highest BCUT2D eigenvalue weighted by Gasteiger charge is 2.16. The summed E-state index contributed by atoms with van der Waals surface area (Å²) >= 11 is 0. The molecule has 0 amide bonds. The molecule has 1 aromatic rings. The average molecular weight is 430 g/mol. The standard InChI is InChI=1S/C18H30N4.HI/c1-4-15-7-6-8-16(5-2)17(15)21-18(19)20-13-14-9-11-22(3)12-10-14;/h6-8,14H,4-5,9-13H2,1-3H3,(H3,19,20,21);1H. The molecule has 1 aromatic carbocycles. The van der Waals surface area contributed by atoms with Gasteiger partial charge < -0.3 is 16.0 Å². The Morgan fingerprint density at radius 1 is 1.22 bits per heavy atom. The molecule has 4 nitrogen and oxygen atoms in total. The Bertz CT molecular complexity index is 485. The second-order valence-corrected chi connectivity index (χ2v) is 6.26. The maximum Gasteiger partial charge on any atom is 0.193 e. The van der Waals surface area contributed by atoms with Gasteiger partial charge in [-0.25, -0.2) is 0 Å². The number of guanidine groups is 1. The van der Waals surface area contributed by atoms with E-state index in [2.05, 4.69) is 54.3 Å². The molecule has 0 aromatic heterocycles. The van der Waals surface area contributed by atoms with Crippen LogP contribution in [0.2, 0.25) is 0 Å². The molecule has 1 heterocycles. The van der Waals surface area contributed by atoms with Gasteiger partial charge in [0.25, 0.3) is 0 Å². The largest absolute Gasteiger partial charge is 0.370 e. The van der Waals surface area contributed by atoms with Gasteiger partial charge in [0.15, 0.2) is 5.96 Å². The molecule has 5 heteroatoms. The number of anilines is 1. The molecular formula is C18H31IN4. The van der Waals surface area contributed by atoms with Crippen molar-refractivity contribution in [1.29, 1.82) is 0 Å². The number of aliphatic imine (C=N–C) groups is 1. The Morgan fingerprint density at radius 3 is 2.30 bits per heavy atom. The summed E-state index contributed by atoms with van der Waals surface area (Å²) in [5.41, 5.74) is 9.88. The van der Waals surface area contributed by atoms with Crippen molar-refractivity contribution >= 4 is 35.6 Å². The number of benzene rings is 1. The van der Waals surface area contributed by atoms with Gasteiger partial charge in [0.1, 0.15) is 0 Å². The number of hydrogen-bond acceptors (Lipinski definition) is 2. The summed E-state index contributed by atoms with van der Waals surface area (Å²) in [7, 11) is 2.18. The van der Waals surface area contributed by atoms with Crippen molar-refractivity contribution in [3.05, 3.63) is 29.3 Å². The number of aryl methyl sites for hydroxylation is 2. The van der Waals surface area contributed by atoms with Crippen LogP contribution in [0.3, 0.4) is 0 Å². The van der Waals surface area contributed by atoms with Crippen molar-refractivity contribution in [3.63, 3.8) is 0 Å². The molecule has 2 rings (SSSR count). The molecular weight excluding hydrogens is 399 g/mol. The number of nitrogens with two attached hydrogens (primary N) is 1. The lowest BCUT2D eigenvalue weighted by atomic mass is 9.97. The number of halogens is 1. The lowest BCUT2D eigenvalue weighted by Crippen LogP contribution is -2.32. The molecule has 0 spiro atoms. The van der Waals surface area contributed by atoms with E-state index in [4.69, 9.17) is 5.73 Å². The summed E-state index contributed by atoms with van der Waals surface area (Å²) in [6.07, 6.45) is 4.44. The zero-order valence-electron chi connectivity index (χ0n) is 14.6. The molecule has 0 saturated carbocycles. The molecule has 130 valence electrons. The minimum Gasteiger partial charge on any atom is -0.370 e. The van der Waals surface area contributed by atoms with Crippen molar-refractivity contribution in [3.8, 4) is 0 Å². The van der Waals surface area contributed by atoms with Crippen molar-refractivity contribution in [2.75, 3.05) is 32.0 Å². The zero-order valence-corrected chi connectivity index (χ0v) is 17.0. The van der Waals surface area contributed by atoms with Crippen molar-refractivity contribution in [1.82, 2.24) is 4.90 Å². The first-order chi connectivity index (χ1) is 10.6. The van der Waals surface area contributed by atoms with Crippen molar-refractivity contribution in [2.45, 2.75) is 39.5 Å². The second kappa shape index (κ2) is 10.1. The Hall–Kier alpha value is -0.820. The lowest BCUT2D eigenvalue weighted by Gasteiger charge is -2.27. The van der Waals surface area contributed by atoms with E-state index in [0.717, 1.165) is 25.1 Å².